The lowest BCUT2D eigenvalue weighted by Crippen LogP contribution is -2.44. The zero-order chi connectivity index (χ0) is 19.7. The Bertz CT molecular complexity index is 1080. The van der Waals surface area contributed by atoms with Crippen LogP contribution in [0.15, 0.2) is 57.4 Å². The largest absolute Gasteiger partial charge is 0.352 e. The summed E-state index contributed by atoms with van der Waals surface area (Å²) in [6, 6.07) is 9.90. The van der Waals surface area contributed by atoms with Crippen molar-refractivity contribution in [3.8, 4) is 0 Å². The number of halogens is 2. The minimum Gasteiger partial charge on any atom is -0.335 e. The number of nitrogens with two attached hydrogens (primary N) is 1. The predicted molar refractivity (Wildman–Crippen MR) is 112 cm³/mol. The van der Waals surface area contributed by atoms with E-state index in [9.17, 15) is 9.18 Å². The Labute approximate surface area is 173 Å². The lowest BCUT2D eigenvalue weighted by molar-refractivity contribution is 0.627. The normalized spacial score (nSPS) is 16.9. The molecule has 4 rings (SSSR count). The summed E-state index contributed by atoms with van der Waals surface area (Å²) in [5.41, 5.74) is 7.80. The third kappa shape index (κ3) is 4.06. The number of aromatic nitrogens is 3. The summed E-state index contributed by atoms with van der Waals surface area (Å²) in [7, 11) is 0. The Morgan fingerprint density at radius 1 is 1.25 bits per heavy atom. The van der Waals surface area contributed by atoms with Crippen LogP contribution in [-0.4, -0.2) is 33.7 Å². The average Bonchev–Trinajstić information content (AvgIpc) is 3.09. The van der Waals surface area contributed by atoms with E-state index in [0.29, 0.717) is 25.6 Å². The second-order valence-electron chi connectivity index (χ2n) is 6.45. The molecule has 1 aliphatic rings. The first-order valence-corrected chi connectivity index (χ1v) is 10.2. The SMILES string of the molecule is NC1CN(c2ncn(Cc3ccc(Br)s3)c(=O)n2)CC=C1c1ccc(F)cc1. The van der Waals surface area contributed by atoms with Gasteiger partial charge < -0.3 is 10.6 Å². The van der Waals surface area contributed by atoms with Crippen molar-refractivity contribution in [3.63, 3.8) is 0 Å². The lowest BCUT2D eigenvalue weighted by atomic mass is 9.95. The molecule has 6 nitrogen and oxygen atoms in total. The summed E-state index contributed by atoms with van der Waals surface area (Å²) >= 11 is 4.98. The number of thiophene rings is 1. The van der Waals surface area contributed by atoms with E-state index in [1.54, 1.807) is 23.5 Å². The van der Waals surface area contributed by atoms with E-state index in [2.05, 4.69) is 25.9 Å². The first kappa shape index (κ1) is 19.0. The number of hydrogen-bond acceptors (Lipinski definition) is 6. The molecule has 28 heavy (non-hydrogen) atoms. The summed E-state index contributed by atoms with van der Waals surface area (Å²) in [5.74, 6) is 0.0812. The molecule has 2 aromatic heterocycles. The number of anilines is 1. The molecule has 0 saturated heterocycles. The molecule has 0 bridgehead atoms. The van der Waals surface area contributed by atoms with Gasteiger partial charge in [-0.3, -0.25) is 4.57 Å². The van der Waals surface area contributed by atoms with Gasteiger partial charge in [-0.2, -0.15) is 4.98 Å². The van der Waals surface area contributed by atoms with Crippen molar-refractivity contribution in [1.82, 2.24) is 14.5 Å². The molecule has 1 aliphatic heterocycles. The second-order valence-corrected chi connectivity index (χ2v) is 9.00. The fourth-order valence-corrected chi connectivity index (χ4v) is 4.60. The third-order valence-electron chi connectivity index (χ3n) is 4.52. The van der Waals surface area contributed by atoms with Crippen molar-refractivity contribution in [2.75, 3.05) is 18.0 Å². The highest BCUT2D eigenvalue weighted by Gasteiger charge is 2.22. The van der Waals surface area contributed by atoms with Gasteiger partial charge in [-0.05, 0) is 51.3 Å². The van der Waals surface area contributed by atoms with Crippen molar-refractivity contribution in [3.05, 3.63) is 79.3 Å². The highest BCUT2D eigenvalue weighted by molar-refractivity contribution is 9.11. The van der Waals surface area contributed by atoms with E-state index >= 15 is 0 Å². The van der Waals surface area contributed by atoms with Crippen LogP contribution >= 0.6 is 27.3 Å². The number of nitrogens with zero attached hydrogens (tertiary/aromatic N) is 4. The molecule has 0 amide bonds. The standard InChI is InChI=1S/C19H17BrFN5OS/c20-17-6-5-14(28-17)9-26-11-23-18(24-19(26)27)25-8-7-15(16(22)10-25)12-1-3-13(21)4-2-12/h1-7,11,16H,8-10,22H2. The molecule has 0 aliphatic carbocycles. The van der Waals surface area contributed by atoms with Crippen LogP contribution in [0.4, 0.5) is 10.3 Å². The Balaban J connectivity index is 1.51. The Kier molecular flexibility index (Phi) is 5.38. The zero-order valence-electron chi connectivity index (χ0n) is 14.8. The van der Waals surface area contributed by atoms with Crippen LogP contribution in [-0.2, 0) is 6.54 Å². The monoisotopic (exact) mass is 461 g/mol. The van der Waals surface area contributed by atoms with Gasteiger partial charge in [-0.1, -0.05) is 18.2 Å². The van der Waals surface area contributed by atoms with E-state index in [1.165, 1.54) is 23.0 Å². The Morgan fingerprint density at radius 3 is 2.68 bits per heavy atom. The van der Waals surface area contributed by atoms with Gasteiger partial charge in [-0.25, -0.2) is 14.2 Å². The van der Waals surface area contributed by atoms with Crippen molar-refractivity contribution in [1.29, 1.82) is 0 Å². The number of hydrogen-bond donors (Lipinski definition) is 1. The molecule has 3 aromatic rings. The van der Waals surface area contributed by atoms with E-state index in [1.807, 2.05) is 23.1 Å². The quantitative estimate of drug-likeness (QED) is 0.646. The van der Waals surface area contributed by atoms with Crippen LogP contribution in [0.1, 0.15) is 10.4 Å². The molecular weight excluding hydrogens is 445 g/mol. The fraction of sp³-hybridized carbons (Fsp3) is 0.211. The summed E-state index contributed by atoms with van der Waals surface area (Å²) in [6.07, 6.45) is 3.49. The molecule has 1 atom stereocenters. The Morgan fingerprint density at radius 2 is 2.04 bits per heavy atom. The van der Waals surface area contributed by atoms with Crippen LogP contribution in [0.3, 0.4) is 0 Å². The molecule has 0 spiro atoms. The first-order chi connectivity index (χ1) is 13.5. The summed E-state index contributed by atoms with van der Waals surface area (Å²) in [5, 5.41) is 0. The minimum absolute atomic E-state index is 0.278. The van der Waals surface area contributed by atoms with Gasteiger partial charge in [0.2, 0.25) is 5.95 Å². The smallest absolute Gasteiger partial charge is 0.335 e. The van der Waals surface area contributed by atoms with Crippen LogP contribution in [0, 0.1) is 5.82 Å². The number of benzene rings is 1. The molecule has 3 heterocycles. The van der Waals surface area contributed by atoms with Crippen molar-refractivity contribution in [2.24, 2.45) is 5.73 Å². The summed E-state index contributed by atoms with van der Waals surface area (Å²) in [4.78, 5) is 23.8. The molecule has 0 saturated carbocycles. The highest BCUT2D eigenvalue weighted by Crippen LogP contribution is 2.24. The van der Waals surface area contributed by atoms with Crippen molar-refractivity contribution >= 4 is 38.8 Å². The molecule has 1 unspecified atom stereocenters. The maximum absolute atomic E-state index is 13.1. The molecular formula is C19H17BrFN5OS. The second kappa shape index (κ2) is 7.94. The Hall–Kier alpha value is -2.36. The maximum atomic E-state index is 13.1. The summed E-state index contributed by atoms with van der Waals surface area (Å²) < 4.78 is 15.6. The van der Waals surface area contributed by atoms with E-state index < -0.39 is 0 Å². The van der Waals surface area contributed by atoms with Gasteiger partial charge in [0, 0.05) is 24.0 Å². The van der Waals surface area contributed by atoms with Gasteiger partial charge >= 0.3 is 5.69 Å². The van der Waals surface area contributed by atoms with Gasteiger partial charge in [0.25, 0.3) is 0 Å². The van der Waals surface area contributed by atoms with E-state index in [-0.39, 0.29) is 17.5 Å². The third-order valence-corrected chi connectivity index (χ3v) is 6.13. The molecule has 1 aromatic carbocycles. The van der Waals surface area contributed by atoms with Crippen molar-refractivity contribution < 1.29 is 4.39 Å². The average molecular weight is 462 g/mol. The molecule has 144 valence electrons. The van der Waals surface area contributed by atoms with Gasteiger partial charge in [0.1, 0.15) is 12.1 Å². The van der Waals surface area contributed by atoms with Crippen molar-refractivity contribution in [2.45, 2.75) is 12.6 Å². The molecule has 0 fully saturated rings. The first-order valence-electron chi connectivity index (χ1n) is 8.64. The van der Waals surface area contributed by atoms with Crippen LogP contribution in [0.2, 0.25) is 0 Å². The molecule has 9 heteroatoms. The van der Waals surface area contributed by atoms with E-state index in [4.69, 9.17) is 5.73 Å². The molecule has 0 radical (unpaired) electrons. The van der Waals surface area contributed by atoms with Gasteiger partial charge in [0.05, 0.1) is 10.3 Å². The molecule has 2 N–H and O–H groups in total. The highest BCUT2D eigenvalue weighted by atomic mass is 79.9. The topological polar surface area (TPSA) is 77.0 Å². The minimum atomic E-state index is -0.351. The van der Waals surface area contributed by atoms with Crippen LogP contribution in [0.5, 0.6) is 0 Å². The maximum Gasteiger partial charge on any atom is 0.352 e. The van der Waals surface area contributed by atoms with Crippen LogP contribution in [0.25, 0.3) is 5.57 Å². The van der Waals surface area contributed by atoms with E-state index in [0.717, 1.165) is 19.8 Å². The summed E-state index contributed by atoms with van der Waals surface area (Å²) in [6.45, 7) is 1.44. The predicted octanol–water partition coefficient (Wildman–Crippen LogP) is 2.88. The van der Waals surface area contributed by atoms with Gasteiger partial charge in [0.15, 0.2) is 0 Å². The lowest BCUT2D eigenvalue weighted by Gasteiger charge is -2.31. The fourth-order valence-electron chi connectivity index (χ4n) is 3.12. The van der Waals surface area contributed by atoms with Gasteiger partial charge in [-0.15, -0.1) is 11.3 Å². The van der Waals surface area contributed by atoms with Crippen LogP contribution < -0.4 is 16.3 Å². The zero-order valence-corrected chi connectivity index (χ0v) is 17.2. The number of rotatable bonds is 4.